The first-order chi connectivity index (χ1) is 23.2. The highest BCUT2D eigenvalue weighted by molar-refractivity contribution is 6.02. The Labute approximate surface area is 298 Å². The van der Waals surface area contributed by atoms with E-state index in [0.717, 1.165) is 0 Å². The van der Waals surface area contributed by atoms with Crippen LogP contribution < -0.4 is 0 Å². The molecule has 0 nitrogen and oxygen atoms in total. The summed E-state index contributed by atoms with van der Waals surface area (Å²) in [6, 6.07) is 22.0. The Bertz CT molecular complexity index is 1920. The average Bonchev–Trinajstić information content (AvgIpc) is 3.06. The molecule has 2 aliphatic carbocycles. The first kappa shape index (κ1) is 35.2. The zero-order valence-electron chi connectivity index (χ0n) is 32.6. The topological polar surface area (TPSA) is 0 Å². The molecular formula is C49H60. The van der Waals surface area contributed by atoms with Crippen molar-refractivity contribution in [1.29, 1.82) is 0 Å². The maximum absolute atomic E-state index is 2.56. The predicted molar refractivity (Wildman–Crippen MR) is 218 cm³/mol. The van der Waals surface area contributed by atoms with Crippen LogP contribution in [0.15, 0.2) is 72.8 Å². The van der Waals surface area contributed by atoms with Crippen LogP contribution in [0.5, 0.6) is 0 Å². The van der Waals surface area contributed by atoms with E-state index in [4.69, 9.17) is 0 Å². The summed E-state index contributed by atoms with van der Waals surface area (Å²) in [5.41, 5.74) is 18.7. The van der Waals surface area contributed by atoms with Gasteiger partial charge in [0.05, 0.1) is 0 Å². The van der Waals surface area contributed by atoms with Gasteiger partial charge in [-0.15, -0.1) is 0 Å². The van der Waals surface area contributed by atoms with Gasteiger partial charge in [-0.3, -0.25) is 0 Å². The summed E-state index contributed by atoms with van der Waals surface area (Å²) in [5, 5.41) is 2.68. The molecule has 0 heteroatoms. The highest BCUT2D eigenvalue weighted by atomic mass is 14.3. The van der Waals surface area contributed by atoms with E-state index >= 15 is 0 Å². The Morgan fingerprint density at radius 3 is 1.53 bits per heavy atom. The van der Waals surface area contributed by atoms with Gasteiger partial charge in [-0.1, -0.05) is 163 Å². The predicted octanol–water partition coefficient (Wildman–Crippen LogP) is 15.0. The highest BCUT2D eigenvalue weighted by Crippen LogP contribution is 2.48. The Morgan fingerprint density at radius 2 is 1.04 bits per heavy atom. The van der Waals surface area contributed by atoms with Crippen LogP contribution in [0, 0.1) is 11.8 Å². The second-order valence-electron chi connectivity index (χ2n) is 17.0. The fourth-order valence-corrected chi connectivity index (χ4v) is 8.39. The average molecular weight is 649 g/mol. The Balaban J connectivity index is 1.50. The quantitative estimate of drug-likeness (QED) is 0.178. The minimum atomic E-state index is 0.398. The summed E-state index contributed by atoms with van der Waals surface area (Å²) in [6.07, 6.45) is 10.0. The van der Waals surface area contributed by atoms with Crippen molar-refractivity contribution in [2.45, 2.75) is 126 Å². The van der Waals surface area contributed by atoms with Gasteiger partial charge >= 0.3 is 0 Å². The lowest BCUT2D eigenvalue weighted by Gasteiger charge is -2.33. The standard InChI is InChI=1S/C49H60/c1-27(2)36-22-43(29(5)6)48(44(23-36)30(7)8)35-15-16-40-34(21-35)14-17-42-41(40)19-18-39-33(13)20-38(26-47(39)42)49-45(31(9)10)24-37(28(3)4)25-46(49)32(11)12/h14-33,39H,1-13H3. The first-order valence-electron chi connectivity index (χ1n) is 19.2. The van der Waals surface area contributed by atoms with Gasteiger partial charge in [-0.25, -0.2) is 0 Å². The summed E-state index contributed by atoms with van der Waals surface area (Å²) < 4.78 is 0. The number of hydrogen-bond donors (Lipinski definition) is 0. The summed E-state index contributed by atoms with van der Waals surface area (Å²) >= 11 is 0. The third kappa shape index (κ3) is 6.42. The van der Waals surface area contributed by atoms with Crippen molar-refractivity contribution in [2.24, 2.45) is 11.8 Å². The van der Waals surface area contributed by atoms with E-state index in [1.807, 2.05) is 0 Å². The zero-order chi connectivity index (χ0) is 35.5. The van der Waals surface area contributed by atoms with Crippen molar-refractivity contribution in [1.82, 2.24) is 0 Å². The highest BCUT2D eigenvalue weighted by Gasteiger charge is 2.30. The summed E-state index contributed by atoms with van der Waals surface area (Å²) in [7, 11) is 0. The first-order valence-corrected chi connectivity index (χ1v) is 19.2. The molecule has 4 aromatic rings. The van der Waals surface area contributed by atoms with E-state index in [2.05, 4.69) is 169 Å². The number of rotatable bonds is 8. The number of benzene rings is 4. The molecule has 0 fully saturated rings. The molecule has 0 saturated carbocycles. The van der Waals surface area contributed by atoms with Crippen molar-refractivity contribution < 1.29 is 0 Å². The van der Waals surface area contributed by atoms with Crippen molar-refractivity contribution in [2.75, 3.05) is 0 Å². The van der Waals surface area contributed by atoms with Crippen molar-refractivity contribution in [3.8, 4) is 11.1 Å². The lowest BCUT2D eigenvalue weighted by Crippen LogP contribution is -2.18. The van der Waals surface area contributed by atoms with Crippen LogP contribution in [0.2, 0.25) is 0 Å². The van der Waals surface area contributed by atoms with Crippen LogP contribution in [0.4, 0.5) is 0 Å². The molecule has 2 aliphatic rings. The third-order valence-electron chi connectivity index (χ3n) is 11.4. The molecule has 0 aliphatic heterocycles. The number of fused-ring (bicyclic) bond motifs is 5. The Morgan fingerprint density at radius 1 is 0.531 bits per heavy atom. The molecule has 0 saturated heterocycles. The Hall–Kier alpha value is -3.64. The molecule has 0 amide bonds. The normalized spacial score (nSPS) is 17.5. The summed E-state index contributed by atoms with van der Waals surface area (Å²) in [4.78, 5) is 0. The Kier molecular flexibility index (Phi) is 9.76. The van der Waals surface area contributed by atoms with Crippen molar-refractivity contribution in [3.05, 3.63) is 123 Å². The van der Waals surface area contributed by atoms with Crippen molar-refractivity contribution >= 4 is 28.0 Å². The SMILES string of the molecule is CC(C)c1cc(C(C)C)c(C2=CC(C)C3C=Cc4c(ccc5cc(-c6c(C(C)C)cc(C(C)C)cc6C(C)C)ccc45)C3=C2)c(C(C)C)c1. The molecule has 0 spiro atoms. The second kappa shape index (κ2) is 13.6. The van der Waals surface area contributed by atoms with Crippen LogP contribution in [0.3, 0.4) is 0 Å². The zero-order valence-corrected chi connectivity index (χ0v) is 32.6. The van der Waals surface area contributed by atoms with E-state index in [1.54, 1.807) is 0 Å². The van der Waals surface area contributed by atoms with Gasteiger partial charge in [-0.05, 0) is 131 Å². The molecule has 6 rings (SSSR count). The van der Waals surface area contributed by atoms with E-state index in [0.29, 0.717) is 47.3 Å². The number of allylic oxidation sites excluding steroid dienone is 5. The van der Waals surface area contributed by atoms with Gasteiger partial charge in [0.15, 0.2) is 0 Å². The lowest BCUT2D eigenvalue weighted by molar-refractivity contribution is 0.622. The molecule has 0 N–H and O–H groups in total. The van der Waals surface area contributed by atoms with Crippen LogP contribution in [0.25, 0.3) is 39.1 Å². The molecule has 4 aromatic carbocycles. The molecular weight excluding hydrogens is 589 g/mol. The van der Waals surface area contributed by atoms with E-state index < -0.39 is 0 Å². The van der Waals surface area contributed by atoms with E-state index in [-0.39, 0.29) is 0 Å². The van der Waals surface area contributed by atoms with Crippen LogP contribution in [-0.2, 0) is 0 Å². The molecule has 0 aromatic heterocycles. The van der Waals surface area contributed by atoms with Crippen LogP contribution in [-0.4, -0.2) is 0 Å². The molecule has 0 heterocycles. The van der Waals surface area contributed by atoms with Gasteiger partial charge in [0.2, 0.25) is 0 Å². The fraction of sp³-hybridized carbons (Fsp3) is 0.429. The van der Waals surface area contributed by atoms with Crippen molar-refractivity contribution in [3.63, 3.8) is 0 Å². The van der Waals surface area contributed by atoms with Gasteiger partial charge in [-0.2, -0.15) is 0 Å². The van der Waals surface area contributed by atoms with Crippen LogP contribution >= 0.6 is 0 Å². The molecule has 0 bridgehead atoms. The maximum Gasteiger partial charge on any atom is 0.00881 e. The third-order valence-corrected chi connectivity index (χ3v) is 11.4. The van der Waals surface area contributed by atoms with Gasteiger partial charge < -0.3 is 0 Å². The summed E-state index contributed by atoms with van der Waals surface area (Å²) in [5.74, 6) is 3.71. The van der Waals surface area contributed by atoms with Crippen LogP contribution in [0.1, 0.15) is 176 Å². The monoisotopic (exact) mass is 648 g/mol. The maximum atomic E-state index is 2.56. The van der Waals surface area contributed by atoms with Gasteiger partial charge in [0, 0.05) is 5.92 Å². The molecule has 256 valence electrons. The summed E-state index contributed by atoms with van der Waals surface area (Å²) in [6.45, 7) is 30.5. The smallest absolute Gasteiger partial charge is 0.00881 e. The van der Waals surface area contributed by atoms with Gasteiger partial charge in [0.1, 0.15) is 0 Å². The minimum Gasteiger partial charge on any atom is -0.0758 e. The number of hydrogen-bond acceptors (Lipinski definition) is 0. The van der Waals surface area contributed by atoms with Gasteiger partial charge in [0.25, 0.3) is 0 Å². The molecule has 2 atom stereocenters. The lowest BCUT2D eigenvalue weighted by atomic mass is 9.71. The molecule has 2 unspecified atom stereocenters. The minimum absolute atomic E-state index is 0.398. The fourth-order valence-electron chi connectivity index (χ4n) is 8.39. The van der Waals surface area contributed by atoms with E-state index in [1.165, 1.54) is 83.1 Å². The largest absolute Gasteiger partial charge is 0.0758 e. The van der Waals surface area contributed by atoms with E-state index in [9.17, 15) is 0 Å². The second-order valence-corrected chi connectivity index (χ2v) is 17.0. The molecule has 49 heavy (non-hydrogen) atoms. The molecule has 0 radical (unpaired) electrons.